The molecule has 1 aliphatic heterocycles. The second kappa shape index (κ2) is 11.8. The van der Waals surface area contributed by atoms with Gasteiger partial charge in [0.05, 0.1) is 19.6 Å². The van der Waals surface area contributed by atoms with Crippen LogP contribution in [0, 0.1) is 12.8 Å². The lowest BCUT2D eigenvalue weighted by Gasteiger charge is -2.33. The molecule has 3 rings (SSSR count). The van der Waals surface area contributed by atoms with Crippen molar-refractivity contribution in [3.8, 4) is 0 Å². The van der Waals surface area contributed by atoms with Crippen LogP contribution in [0.3, 0.4) is 0 Å². The van der Waals surface area contributed by atoms with Crippen molar-refractivity contribution in [1.29, 1.82) is 0 Å². The molecule has 1 heterocycles. The minimum atomic E-state index is -0.611. The van der Waals surface area contributed by atoms with Crippen LogP contribution in [0.4, 0.5) is 0 Å². The van der Waals surface area contributed by atoms with E-state index in [9.17, 15) is 14.4 Å². The zero-order chi connectivity index (χ0) is 24.7. The average molecular weight is 465 g/mol. The Bertz CT molecular complexity index is 1010. The Morgan fingerprint density at radius 2 is 1.91 bits per heavy atom. The van der Waals surface area contributed by atoms with Crippen molar-refractivity contribution in [1.82, 2.24) is 10.2 Å². The van der Waals surface area contributed by atoms with Crippen LogP contribution < -0.4 is 5.32 Å². The van der Waals surface area contributed by atoms with Gasteiger partial charge in [0.1, 0.15) is 6.04 Å². The largest absolute Gasteiger partial charge is 0.469 e. The number of rotatable bonds is 9. The Morgan fingerprint density at radius 1 is 1.15 bits per heavy atom. The fraction of sp³-hybridized carbons (Fsp3) is 0.464. The van der Waals surface area contributed by atoms with Gasteiger partial charge in [-0.1, -0.05) is 56.3 Å². The third-order valence-electron chi connectivity index (χ3n) is 6.37. The van der Waals surface area contributed by atoms with Crippen LogP contribution in [-0.2, 0) is 19.1 Å². The number of aryl methyl sites for hydroxylation is 1. The van der Waals surface area contributed by atoms with Gasteiger partial charge in [-0.05, 0) is 60.8 Å². The van der Waals surface area contributed by atoms with E-state index in [1.807, 2.05) is 32.1 Å². The number of carbonyl (C=O) groups excluding carboxylic acids is 3. The topological polar surface area (TPSA) is 75.7 Å². The van der Waals surface area contributed by atoms with Gasteiger partial charge in [-0.15, -0.1) is 0 Å². The normalized spacial score (nSPS) is 17.7. The van der Waals surface area contributed by atoms with E-state index in [-0.39, 0.29) is 30.1 Å². The molecule has 0 radical (unpaired) electrons. The number of methoxy groups -OCH3 is 1. The van der Waals surface area contributed by atoms with Crippen LogP contribution in [0.25, 0.3) is 5.57 Å². The number of carbonyl (C=O) groups is 3. The molecule has 2 atom stereocenters. The number of amides is 2. The van der Waals surface area contributed by atoms with Gasteiger partial charge in [-0.3, -0.25) is 14.4 Å². The Kier molecular flexibility index (Phi) is 8.85. The summed E-state index contributed by atoms with van der Waals surface area (Å²) in [7, 11) is 1.36. The lowest BCUT2D eigenvalue weighted by Crippen LogP contribution is -2.51. The van der Waals surface area contributed by atoms with Crippen molar-refractivity contribution < 1.29 is 19.1 Å². The maximum absolute atomic E-state index is 13.5. The molecule has 0 saturated carbocycles. The van der Waals surface area contributed by atoms with Crippen molar-refractivity contribution in [3.05, 3.63) is 65.4 Å². The molecule has 6 nitrogen and oxygen atoms in total. The van der Waals surface area contributed by atoms with E-state index in [0.717, 1.165) is 29.6 Å². The molecular weight excluding hydrogens is 428 g/mol. The first kappa shape index (κ1) is 25.5. The monoisotopic (exact) mass is 464 g/mol. The maximum atomic E-state index is 13.5. The molecule has 1 aromatic carbocycles. The molecule has 6 heteroatoms. The van der Waals surface area contributed by atoms with E-state index in [1.165, 1.54) is 12.7 Å². The van der Waals surface area contributed by atoms with Crippen molar-refractivity contribution in [3.63, 3.8) is 0 Å². The number of esters is 1. The molecule has 0 spiro atoms. The van der Waals surface area contributed by atoms with Gasteiger partial charge in [0, 0.05) is 12.6 Å². The molecule has 1 N–H and O–H groups in total. The number of hydrogen-bond donors (Lipinski definition) is 1. The Morgan fingerprint density at radius 3 is 2.59 bits per heavy atom. The summed E-state index contributed by atoms with van der Waals surface area (Å²) in [6.45, 7) is 6.15. The zero-order valence-electron chi connectivity index (χ0n) is 20.7. The number of benzene rings is 1. The zero-order valence-corrected chi connectivity index (χ0v) is 20.7. The van der Waals surface area contributed by atoms with E-state index in [0.29, 0.717) is 19.3 Å². The lowest BCUT2D eigenvalue weighted by atomic mass is 9.88. The highest BCUT2D eigenvalue weighted by atomic mass is 16.5. The highest BCUT2D eigenvalue weighted by Crippen LogP contribution is 2.30. The summed E-state index contributed by atoms with van der Waals surface area (Å²) >= 11 is 0. The summed E-state index contributed by atoms with van der Waals surface area (Å²) in [5.41, 5.74) is 4.40. The molecule has 34 heavy (non-hydrogen) atoms. The molecule has 182 valence electrons. The van der Waals surface area contributed by atoms with Gasteiger partial charge >= 0.3 is 5.97 Å². The number of nitrogens with zero attached hydrogens (tertiary/aromatic N) is 1. The second-order valence-electron chi connectivity index (χ2n) is 9.44. The predicted molar refractivity (Wildman–Crippen MR) is 133 cm³/mol. The Labute approximate surface area is 202 Å². The summed E-state index contributed by atoms with van der Waals surface area (Å²) in [6.07, 6.45) is 11.2. The minimum Gasteiger partial charge on any atom is -0.469 e. The first-order chi connectivity index (χ1) is 16.3. The van der Waals surface area contributed by atoms with Crippen LogP contribution in [0.5, 0.6) is 0 Å². The van der Waals surface area contributed by atoms with Crippen molar-refractivity contribution in [2.24, 2.45) is 5.92 Å². The van der Waals surface area contributed by atoms with Crippen LogP contribution in [0.2, 0.25) is 0 Å². The SMILES string of the molecule is COC(=O)C[C@H](NC(=O)C(CC(C)C)N1C=CCCC1=O)C1=CC(c2ccccc2C)=CCC1. The first-order valence-corrected chi connectivity index (χ1v) is 12.1. The van der Waals surface area contributed by atoms with E-state index in [1.54, 1.807) is 11.1 Å². The third kappa shape index (κ3) is 6.46. The second-order valence-corrected chi connectivity index (χ2v) is 9.44. The molecule has 0 aromatic heterocycles. The Balaban J connectivity index is 1.88. The summed E-state index contributed by atoms with van der Waals surface area (Å²) in [4.78, 5) is 39.9. The molecule has 1 aliphatic carbocycles. The molecule has 2 amide bonds. The van der Waals surface area contributed by atoms with Gasteiger partial charge in [0.25, 0.3) is 0 Å². The first-order valence-electron chi connectivity index (χ1n) is 12.1. The van der Waals surface area contributed by atoms with Crippen LogP contribution in [0.15, 0.2) is 54.3 Å². The van der Waals surface area contributed by atoms with E-state index in [4.69, 9.17) is 4.74 Å². The molecule has 0 saturated heterocycles. The number of hydrogen-bond acceptors (Lipinski definition) is 4. The average Bonchev–Trinajstić information content (AvgIpc) is 2.82. The summed E-state index contributed by atoms with van der Waals surface area (Å²) in [5, 5.41) is 3.10. The minimum absolute atomic E-state index is 0.0468. The summed E-state index contributed by atoms with van der Waals surface area (Å²) in [5.74, 6) is -0.445. The van der Waals surface area contributed by atoms with Gasteiger partial charge < -0.3 is 15.0 Å². The highest BCUT2D eigenvalue weighted by molar-refractivity contribution is 5.89. The van der Waals surface area contributed by atoms with E-state index < -0.39 is 12.1 Å². The van der Waals surface area contributed by atoms with Crippen LogP contribution in [-0.4, -0.2) is 41.9 Å². The lowest BCUT2D eigenvalue weighted by molar-refractivity contribution is -0.142. The highest BCUT2D eigenvalue weighted by Gasteiger charge is 2.32. The standard InChI is InChI=1S/C28H36N2O4/c1-19(2)16-25(30-15-8-7-14-26(30)31)28(33)29-24(18-27(32)34-4)22-12-9-11-21(17-22)23-13-6-5-10-20(23)3/h5-6,8,10-11,13,15,17,19,24-25H,7,9,12,14,16,18H2,1-4H3,(H,29,33)/t24-,25?/m0/s1. The smallest absolute Gasteiger partial charge is 0.307 e. The van der Waals surface area contributed by atoms with Gasteiger partial charge in [0.2, 0.25) is 11.8 Å². The van der Waals surface area contributed by atoms with Crippen LogP contribution in [0.1, 0.15) is 63.5 Å². The van der Waals surface area contributed by atoms with Gasteiger partial charge in [0.15, 0.2) is 0 Å². The molecule has 1 aromatic rings. The number of nitrogens with one attached hydrogen (secondary N) is 1. The third-order valence-corrected chi connectivity index (χ3v) is 6.37. The quantitative estimate of drug-likeness (QED) is 0.538. The fourth-order valence-corrected chi connectivity index (χ4v) is 4.56. The number of allylic oxidation sites excluding steroid dienone is 4. The fourth-order valence-electron chi connectivity index (χ4n) is 4.56. The molecular formula is C28H36N2O4. The Hall–Kier alpha value is -3.15. The van der Waals surface area contributed by atoms with Gasteiger partial charge in [-0.25, -0.2) is 0 Å². The summed E-state index contributed by atoms with van der Waals surface area (Å²) < 4.78 is 4.93. The van der Waals surface area contributed by atoms with Crippen LogP contribution >= 0.6 is 0 Å². The van der Waals surface area contributed by atoms with Gasteiger partial charge in [-0.2, -0.15) is 0 Å². The molecule has 0 bridgehead atoms. The van der Waals surface area contributed by atoms with E-state index in [2.05, 4.69) is 36.5 Å². The van der Waals surface area contributed by atoms with Crippen molar-refractivity contribution in [2.45, 2.75) is 71.4 Å². The molecule has 1 unspecified atom stereocenters. The maximum Gasteiger partial charge on any atom is 0.307 e. The number of ether oxygens (including phenoxy) is 1. The predicted octanol–water partition coefficient (Wildman–Crippen LogP) is 4.70. The summed E-state index contributed by atoms with van der Waals surface area (Å²) in [6, 6.07) is 7.08. The molecule has 2 aliphatic rings. The van der Waals surface area contributed by atoms with E-state index >= 15 is 0 Å². The van der Waals surface area contributed by atoms with Crippen molar-refractivity contribution in [2.75, 3.05) is 7.11 Å². The van der Waals surface area contributed by atoms with Crippen molar-refractivity contribution >= 4 is 23.4 Å². The molecule has 0 fully saturated rings.